The molecule has 0 aliphatic carbocycles. The van der Waals surface area contributed by atoms with Crippen LogP contribution in [-0.4, -0.2) is 10.1 Å². The molecular weight excluding hydrogens is 235 g/mol. The molecule has 5 heteroatoms. The zero-order chi connectivity index (χ0) is 12.7. The zero-order valence-electron chi connectivity index (χ0n) is 9.22. The molecular formula is C13H9FN2O2. The first-order chi connectivity index (χ1) is 8.63. The SMILES string of the molecule is Nc1ccc(-c2nc3ccc(F)cc3o2)cc1O. The highest BCUT2D eigenvalue weighted by Gasteiger charge is 2.10. The van der Waals surface area contributed by atoms with Crippen LogP contribution in [0.5, 0.6) is 5.75 Å². The first-order valence-electron chi connectivity index (χ1n) is 5.28. The number of anilines is 1. The lowest BCUT2D eigenvalue weighted by Crippen LogP contribution is -1.85. The van der Waals surface area contributed by atoms with Crippen LogP contribution < -0.4 is 5.73 Å². The third-order valence-corrected chi connectivity index (χ3v) is 2.63. The quantitative estimate of drug-likeness (QED) is 0.510. The Morgan fingerprint density at radius 1 is 1.17 bits per heavy atom. The minimum Gasteiger partial charge on any atom is -0.506 e. The highest BCUT2D eigenvalue weighted by atomic mass is 19.1. The fraction of sp³-hybridized carbons (Fsp3) is 0. The van der Waals surface area contributed by atoms with Gasteiger partial charge in [0.25, 0.3) is 0 Å². The molecule has 1 heterocycles. The number of nitrogen functional groups attached to an aromatic ring is 1. The van der Waals surface area contributed by atoms with Gasteiger partial charge in [0, 0.05) is 11.6 Å². The fourth-order valence-corrected chi connectivity index (χ4v) is 1.70. The van der Waals surface area contributed by atoms with E-state index in [9.17, 15) is 9.50 Å². The highest BCUT2D eigenvalue weighted by Crippen LogP contribution is 2.29. The molecule has 0 saturated carbocycles. The van der Waals surface area contributed by atoms with Crippen molar-refractivity contribution in [3.8, 4) is 17.2 Å². The summed E-state index contributed by atoms with van der Waals surface area (Å²) in [5.74, 6) is -0.114. The Morgan fingerprint density at radius 3 is 2.78 bits per heavy atom. The molecule has 0 atom stereocenters. The zero-order valence-corrected chi connectivity index (χ0v) is 9.22. The second-order valence-electron chi connectivity index (χ2n) is 3.90. The number of phenols is 1. The van der Waals surface area contributed by atoms with Crippen LogP contribution in [-0.2, 0) is 0 Å². The fourth-order valence-electron chi connectivity index (χ4n) is 1.70. The Bertz CT molecular complexity index is 737. The number of halogens is 1. The van der Waals surface area contributed by atoms with Gasteiger partial charge in [-0.15, -0.1) is 0 Å². The van der Waals surface area contributed by atoms with Crippen LogP contribution in [0.25, 0.3) is 22.6 Å². The van der Waals surface area contributed by atoms with Crippen molar-refractivity contribution >= 4 is 16.8 Å². The van der Waals surface area contributed by atoms with Gasteiger partial charge in [0.15, 0.2) is 5.58 Å². The number of benzene rings is 2. The Hall–Kier alpha value is -2.56. The Morgan fingerprint density at radius 2 is 2.00 bits per heavy atom. The minimum absolute atomic E-state index is 0.0408. The predicted octanol–water partition coefficient (Wildman–Crippen LogP) is 2.92. The van der Waals surface area contributed by atoms with Crippen LogP contribution in [0.3, 0.4) is 0 Å². The van der Waals surface area contributed by atoms with Gasteiger partial charge in [-0.3, -0.25) is 0 Å². The van der Waals surface area contributed by atoms with E-state index in [1.807, 2.05) is 0 Å². The molecule has 0 aliphatic rings. The van der Waals surface area contributed by atoms with Gasteiger partial charge in [-0.1, -0.05) is 0 Å². The van der Waals surface area contributed by atoms with Crippen LogP contribution in [0.4, 0.5) is 10.1 Å². The largest absolute Gasteiger partial charge is 0.506 e. The van der Waals surface area contributed by atoms with E-state index in [2.05, 4.69) is 4.98 Å². The van der Waals surface area contributed by atoms with Crippen LogP contribution in [0, 0.1) is 5.82 Å². The van der Waals surface area contributed by atoms with E-state index in [1.54, 1.807) is 12.1 Å². The van der Waals surface area contributed by atoms with Gasteiger partial charge in [-0.2, -0.15) is 0 Å². The number of aromatic hydroxyl groups is 1. The van der Waals surface area contributed by atoms with Gasteiger partial charge in [0.1, 0.15) is 17.1 Å². The molecule has 0 aliphatic heterocycles. The second-order valence-corrected chi connectivity index (χ2v) is 3.90. The molecule has 3 N–H and O–H groups in total. The van der Waals surface area contributed by atoms with Crippen molar-refractivity contribution in [3.63, 3.8) is 0 Å². The minimum atomic E-state index is -0.384. The van der Waals surface area contributed by atoms with E-state index in [1.165, 1.54) is 24.3 Å². The maximum atomic E-state index is 13.0. The van der Waals surface area contributed by atoms with Gasteiger partial charge in [0.05, 0.1) is 5.69 Å². The van der Waals surface area contributed by atoms with Crippen molar-refractivity contribution in [1.82, 2.24) is 4.98 Å². The molecule has 0 radical (unpaired) electrons. The number of aromatic nitrogens is 1. The molecule has 0 unspecified atom stereocenters. The monoisotopic (exact) mass is 244 g/mol. The molecule has 0 amide bonds. The summed E-state index contributed by atoms with van der Waals surface area (Å²) in [7, 11) is 0. The summed E-state index contributed by atoms with van der Waals surface area (Å²) in [5, 5.41) is 9.53. The number of nitrogens with two attached hydrogens (primary N) is 1. The Balaban J connectivity index is 2.16. The first kappa shape index (κ1) is 10.6. The second kappa shape index (κ2) is 3.73. The summed E-state index contributed by atoms with van der Waals surface area (Å²) in [6.07, 6.45) is 0. The Kier molecular flexibility index (Phi) is 2.19. The molecule has 18 heavy (non-hydrogen) atoms. The van der Waals surface area contributed by atoms with Gasteiger partial charge >= 0.3 is 0 Å². The molecule has 0 saturated heterocycles. The maximum Gasteiger partial charge on any atom is 0.227 e. The van der Waals surface area contributed by atoms with Crippen molar-refractivity contribution in [2.45, 2.75) is 0 Å². The topological polar surface area (TPSA) is 72.3 Å². The van der Waals surface area contributed by atoms with Crippen LogP contribution in [0.1, 0.15) is 0 Å². The smallest absolute Gasteiger partial charge is 0.227 e. The number of phenolic OH excluding ortho intramolecular Hbond substituents is 1. The molecule has 0 fully saturated rings. The van der Waals surface area contributed by atoms with E-state index in [0.29, 0.717) is 22.6 Å². The number of nitrogens with zero attached hydrogens (tertiary/aromatic N) is 1. The summed E-state index contributed by atoms with van der Waals surface area (Å²) in [6.45, 7) is 0. The van der Waals surface area contributed by atoms with E-state index in [0.717, 1.165) is 0 Å². The van der Waals surface area contributed by atoms with Crippen molar-refractivity contribution < 1.29 is 13.9 Å². The molecule has 4 nitrogen and oxygen atoms in total. The molecule has 0 bridgehead atoms. The van der Waals surface area contributed by atoms with Crippen LogP contribution >= 0.6 is 0 Å². The van der Waals surface area contributed by atoms with Gasteiger partial charge in [-0.25, -0.2) is 9.37 Å². The standard InChI is InChI=1S/C13H9FN2O2/c14-8-2-4-10-12(6-8)18-13(16-10)7-1-3-9(15)11(17)5-7/h1-6,17H,15H2. The number of oxazole rings is 1. The first-order valence-corrected chi connectivity index (χ1v) is 5.28. The molecule has 90 valence electrons. The lowest BCUT2D eigenvalue weighted by molar-refractivity contribution is 0.478. The van der Waals surface area contributed by atoms with E-state index >= 15 is 0 Å². The normalized spacial score (nSPS) is 10.9. The number of hydrogen-bond acceptors (Lipinski definition) is 4. The third kappa shape index (κ3) is 1.66. The summed E-state index contributed by atoms with van der Waals surface area (Å²) in [4.78, 5) is 4.21. The molecule has 1 aromatic heterocycles. The highest BCUT2D eigenvalue weighted by molar-refractivity contribution is 5.77. The average molecular weight is 244 g/mol. The number of rotatable bonds is 1. The van der Waals surface area contributed by atoms with Gasteiger partial charge in [-0.05, 0) is 30.3 Å². The lowest BCUT2D eigenvalue weighted by atomic mass is 10.2. The molecule has 0 spiro atoms. The Labute approximate surface area is 101 Å². The van der Waals surface area contributed by atoms with Crippen molar-refractivity contribution in [1.29, 1.82) is 0 Å². The summed E-state index contributed by atoms with van der Waals surface area (Å²) >= 11 is 0. The number of fused-ring (bicyclic) bond motifs is 1. The summed E-state index contributed by atoms with van der Waals surface area (Å²) in [5.41, 5.74) is 7.29. The van der Waals surface area contributed by atoms with E-state index in [4.69, 9.17) is 10.2 Å². The van der Waals surface area contributed by atoms with Crippen molar-refractivity contribution in [2.75, 3.05) is 5.73 Å². The molecule has 3 rings (SSSR count). The van der Waals surface area contributed by atoms with Crippen LogP contribution in [0.2, 0.25) is 0 Å². The van der Waals surface area contributed by atoms with Gasteiger partial charge < -0.3 is 15.3 Å². The van der Waals surface area contributed by atoms with Crippen LogP contribution in [0.15, 0.2) is 40.8 Å². The van der Waals surface area contributed by atoms with E-state index < -0.39 is 0 Å². The summed E-state index contributed by atoms with van der Waals surface area (Å²) in [6, 6.07) is 8.81. The average Bonchev–Trinajstić information content (AvgIpc) is 2.75. The molecule has 3 aromatic rings. The third-order valence-electron chi connectivity index (χ3n) is 2.63. The van der Waals surface area contributed by atoms with Crippen molar-refractivity contribution in [2.24, 2.45) is 0 Å². The number of hydrogen-bond donors (Lipinski definition) is 2. The van der Waals surface area contributed by atoms with Gasteiger partial charge in [0.2, 0.25) is 5.89 Å². The van der Waals surface area contributed by atoms with Crippen molar-refractivity contribution in [3.05, 3.63) is 42.2 Å². The predicted molar refractivity (Wildman–Crippen MR) is 65.5 cm³/mol. The maximum absolute atomic E-state index is 13.0. The van der Waals surface area contributed by atoms with E-state index in [-0.39, 0.29) is 17.3 Å². The lowest BCUT2D eigenvalue weighted by Gasteiger charge is -1.99. The summed E-state index contributed by atoms with van der Waals surface area (Å²) < 4.78 is 18.4. The molecule has 2 aromatic carbocycles.